The molecule has 1 aliphatic rings. The van der Waals surface area contributed by atoms with Gasteiger partial charge in [0.05, 0.1) is 13.2 Å². The summed E-state index contributed by atoms with van der Waals surface area (Å²) in [5, 5.41) is 9.51. The quantitative estimate of drug-likeness (QED) is 0.897. The van der Waals surface area contributed by atoms with Crippen LogP contribution in [-0.2, 0) is 6.54 Å². The van der Waals surface area contributed by atoms with Gasteiger partial charge in [-0.3, -0.25) is 9.80 Å². The predicted octanol–water partition coefficient (Wildman–Crippen LogP) is 1.72. The molecule has 0 amide bonds. The third-order valence-corrected chi connectivity index (χ3v) is 3.98. The van der Waals surface area contributed by atoms with E-state index in [1.165, 1.54) is 6.07 Å². The molecule has 0 saturated carbocycles. The first-order valence-corrected chi connectivity index (χ1v) is 7.46. The van der Waals surface area contributed by atoms with Crippen molar-refractivity contribution in [3.63, 3.8) is 0 Å². The molecule has 21 heavy (non-hydrogen) atoms. The van der Waals surface area contributed by atoms with Crippen LogP contribution in [0, 0.1) is 5.82 Å². The Morgan fingerprint density at radius 1 is 1.43 bits per heavy atom. The minimum Gasteiger partial charge on any atom is -0.496 e. The van der Waals surface area contributed by atoms with Crippen molar-refractivity contribution in [3.8, 4) is 5.75 Å². The average molecular weight is 296 g/mol. The van der Waals surface area contributed by atoms with E-state index in [9.17, 15) is 9.50 Å². The zero-order valence-electron chi connectivity index (χ0n) is 13.1. The Labute approximate surface area is 126 Å². The molecule has 0 unspecified atom stereocenters. The van der Waals surface area contributed by atoms with Gasteiger partial charge in [0.25, 0.3) is 0 Å². The van der Waals surface area contributed by atoms with Crippen LogP contribution in [0.3, 0.4) is 0 Å². The van der Waals surface area contributed by atoms with E-state index >= 15 is 0 Å². The van der Waals surface area contributed by atoms with Crippen LogP contribution in [0.2, 0.25) is 0 Å². The normalized spacial score (nSPS) is 22.2. The number of ether oxygens (including phenoxy) is 1. The molecule has 5 heteroatoms. The Morgan fingerprint density at radius 2 is 2.19 bits per heavy atom. The van der Waals surface area contributed by atoms with Crippen molar-refractivity contribution in [2.75, 3.05) is 33.3 Å². The molecular weight excluding hydrogens is 271 g/mol. The summed E-state index contributed by atoms with van der Waals surface area (Å²) in [6.45, 7) is 8.12. The van der Waals surface area contributed by atoms with Gasteiger partial charge in [-0.25, -0.2) is 4.39 Å². The van der Waals surface area contributed by atoms with Crippen LogP contribution in [0.5, 0.6) is 5.75 Å². The van der Waals surface area contributed by atoms with Crippen molar-refractivity contribution in [3.05, 3.63) is 29.6 Å². The smallest absolute Gasteiger partial charge is 0.123 e. The van der Waals surface area contributed by atoms with E-state index < -0.39 is 0 Å². The monoisotopic (exact) mass is 296 g/mol. The lowest BCUT2D eigenvalue weighted by molar-refractivity contribution is 0.0420. The molecule has 1 fully saturated rings. The minimum absolute atomic E-state index is 0.230. The molecule has 1 heterocycles. The van der Waals surface area contributed by atoms with Gasteiger partial charge in [0.2, 0.25) is 0 Å². The number of hydrogen-bond donors (Lipinski definition) is 1. The number of piperazine rings is 1. The Morgan fingerprint density at radius 3 is 2.81 bits per heavy atom. The highest BCUT2D eigenvalue weighted by Gasteiger charge is 2.25. The zero-order valence-corrected chi connectivity index (χ0v) is 13.1. The van der Waals surface area contributed by atoms with Crippen molar-refractivity contribution < 1.29 is 14.2 Å². The number of aliphatic hydroxyl groups is 1. The highest BCUT2D eigenvalue weighted by molar-refractivity contribution is 5.33. The summed E-state index contributed by atoms with van der Waals surface area (Å²) in [6.07, 6.45) is -0.303. The lowest BCUT2D eigenvalue weighted by Gasteiger charge is -2.40. The number of nitrogens with zero attached hydrogens (tertiary/aromatic N) is 2. The molecule has 0 radical (unpaired) electrons. The maximum absolute atomic E-state index is 13.4. The van der Waals surface area contributed by atoms with Gasteiger partial charge in [0, 0.05) is 44.3 Å². The van der Waals surface area contributed by atoms with Gasteiger partial charge < -0.3 is 9.84 Å². The average Bonchev–Trinajstić information content (AvgIpc) is 2.42. The zero-order chi connectivity index (χ0) is 15.4. The predicted molar refractivity (Wildman–Crippen MR) is 80.9 cm³/mol. The number of halogens is 1. The van der Waals surface area contributed by atoms with Gasteiger partial charge in [0.1, 0.15) is 11.6 Å². The number of benzene rings is 1. The molecule has 2 atom stereocenters. The second-order valence-corrected chi connectivity index (χ2v) is 5.88. The van der Waals surface area contributed by atoms with Crippen LogP contribution in [0.15, 0.2) is 18.2 Å². The summed E-state index contributed by atoms with van der Waals surface area (Å²) in [4.78, 5) is 4.60. The van der Waals surface area contributed by atoms with E-state index in [1.807, 2.05) is 6.92 Å². The van der Waals surface area contributed by atoms with Gasteiger partial charge in [-0.2, -0.15) is 0 Å². The van der Waals surface area contributed by atoms with E-state index in [1.54, 1.807) is 19.2 Å². The Bertz CT molecular complexity index is 468. The van der Waals surface area contributed by atoms with Gasteiger partial charge in [-0.1, -0.05) is 0 Å². The number of aliphatic hydroxyl groups excluding tert-OH is 1. The molecule has 0 aliphatic carbocycles. The summed E-state index contributed by atoms with van der Waals surface area (Å²) in [6, 6.07) is 5.03. The molecule has 1 saturated heterocycles. The highest BCUT2D eigenvalue weighted by atomic mass is 19.1. The highest BCUT2D eigenvalue weighted by Crippen LogP contribution is 2.22. The molecule has 118 valence electrons. The number of rotatable bonds is 5. The molecule has 1 N–H and O–H groups in total. The number of methoxy groups -OCH3 is 1. The largest absolute Gasteiger partial charge is 0.496 e. The molecule has 0 spiro atoms. The molecule has 0 bridgehead atoms. The summed E-state index contributed by atoms with van der Waals surface area (Å²) in [5.41, 5.74) is 0.883. The second-order valence-electron chi connectivity index (χ2n) is 5.88. The van der Waals surface area contributed by atoms with Crippen LogP contribution < -0.4 is 4.74 Å². The molecule has 0 aromatic heterocycles. The van der Waals surface area contributed by atoms with Gasteiger partial charge in [0.15, 0.2) is 0 Å². The fraction of sp³-hybridized carbons (Fsp3) is 0.625. The fourth-order valence-corrected chi connectivity index (χ4v) is 2.94. The molecule has 4 nitrogen and oxygen atoms in total. The third kappa shape index (κ3) is 4.40. The van der Waals surface area contributed by atoms with Crippen molar-refractivity contribution in [1.82, 2.24) is 9.80 Å². The van der Waals surface area contributed by atoms with Gasteiger partial charge >= 0.3 is 0 Å². The van der Waals surface area contributed by atoms with E-state index in [-0.39, 0.29) is 11.9 Å². The SMILES string of the molecule is COc1ccc(F)cc1CN1CCN(C[C@@H](C)O)[C@@H](C)C1. The van der Waals surface area contributed by atoms with E-state index in [2.05, 4.69) is 16.7 Å². The van der Waals surface area contributed by atoms with Crippen LogP contribution in [0.4, 0.5) is 4.39 Å². The Kier molecular flexibility index (Phi) is 5.56. The first kappa shape index (κ1) is 16.2. The van der Waals surface area contributed by atoms with Crippen molar-refractivity contribution in [2.45, 2.75) is 32.5 Å². The lowest BCUT2D eigenvalue weighted by Crippen LogP contribution is -2.53. The first-order valence-electron chi connectivity index (χ1n) is 7.46. The van der Waals surface area contributed by atoms with E-state index in [0.717, 1.165) is 30.9 Å². The Hall–Kier alpha value is -1.17. The van der Waals surface area contributed by atoms with Crippen molar-refractivity contribution in [2.24, 2.45) is 0 Å². The standard InChI is InChI=1S/C16H25FN2O2/c1-12-9-18(6-7-19(12)10-13(2)20)11-14-8-15(17)4-5-16(14)21-3/h4-5,8,12-13,20H,6-7,9-11H2,1-3H3/t12-,13+/m0/s1. The molecule has 1 aliphatic heterocycles. The molecule has 2 rings (SSSR count). The minimum atomic E-state index is -0.303. The summed E-state index contributed by atoms with van der Waals surface area (Å²) < 4.78 is 18.7. The second kappa shape index (κ2) is 7.20. The molecule has 1 aromatic rings. The van der Waals surface area contributed by atoms with Gasteiger partial charge in [-0.05, 0) is 32.0 Å². The maximum atomic E-state index is 13.4. The number of β-amino-alcohol motifs (C(OH)–C–C–N with tert-alkyl or cyclic N) is 1. The van der Waals surface area contributed by atoms with Crippen LogP contribution in [0.1, 0.15) is 19.4 Å². The fourth-order valence-electron chi connectivity index (χ4n) is 2.94. The molecule has 1 aromatic carbocycles. The van der Waals surface area contributed by atoms with Crippen LogP contribution in [0.25, 0.3) is 0 Å². The van der Waals surface area contributed by atoms with Crippen molar-refractivity contribution in [1.29, 1.82) is 0 Å². The van der Waals surface area contributed by atoms with Crippen molar-refractivity contribution >= 4 is 0 Å². The van der Waals surface area contributed by atoms with E-state index in [0.29, 0.717) is 19.1 Å². The number of hydrogen-bond acceptors (Lipinski definition) is 4. The summed E-state index contributed by atoms with van der Waals surface area (Å²) in [5.74, 6) is 0.502. The van der Waals surface area contributed by atoms with E-state index in [4.69, 9.17) is 4.74 Å². The van der Waals surface area contributed by atoms with Gasteiger partial charge in [-0.15, -0.1) is 0 Å². The summed E-state index contributed by atoms with van der Waals surface area (Å²) >= 11 is 0. The molecular formula is C16H25FN2O2. The first-order chi connectivity index (χ1) is 9.99. The third-order valence-electron chi connectivity index (χ3n) is 3.98. The lowest BCUT2D eigenvalue weighted by atomic mass is 10.1. The van der Waals surface area contributed by atoms with Crippen LogP contribution >= 0.6 is 0 Å². The summed E-state index contributed by atoms with van der Waals surface area (Å²) in [7, 11) is 1.61. The topological polar surface area (TPSA) is 35.9 Å². The Balaban J connectivity index is 1.98. The van der Waals surface area contributed by atoms with Crippen LogP contribution in [-0.4, -0.2) is 60.3 Å². The maximum Gasteiger partial charge on any atom is 0.123 e.